The van der Waals surface area contributed by atoms with E-state index in [9.17, 15) is 101 Å². The Labute approximate surface area is 834 Å². The van der Waals surface area contributed by atoms with E-state index in [0.29, 0.717) is 117 Å². The van der Waals surface area contributed by atoms with Crippen molar-refractivity contribution in [2.75, 3.05) is 198 Å². The maximum atomic E-state index is 12.0. The second-order valence-corrected chi connectivity index (χ2v) is 28.8. The fourth-order valence-corrected chi connectivity index (χ4v) is 7.70. The van der Waals surface area contributed by atoms with Gasteiger partial charge in [-0.25, -0.2) is 9.59 Å². The first-order valence-electron chi connectivity index (χ1n) is 41.5. The normalized spacial score (nSPS) is 9.42. The molecule has 0 aromatic rings. The SMILES string of the molecule is C.C=C=C=C=C=C(C)OC(=O)CCC(=O)N(CC(C)=O)CC(C)=O.CC(C)(C)OC(=O)OC(=O)OC(C)(C)C.CCCC(=O)N(CC(C)=O)CC(C)=O.CCCOCCOCCN.COCCNC(=O)CCC(=O)N(CC(C)=O)CC(C)=O.NCCOCCN.NCCOCCOCCN.O=C(O)CNCC(=O)O.O=CO[O-].[B]C(=O)N(CC(=O)O)CC(=O)O.[B]C(=O)N(CC(C)=O)CC(C)=O.[HH].[Na+]. The van der Waals surface area contributed by atoms with E-state index in [2.05, 4.69) is 56.7 Å². The molecule has 0 heterocycles. The fraction of sp³-hybridized carbons (Fsp3) is 0.671. The van der Waals surface area contributed by atoms with Crippen molar-refractivity contribution in [3.63, 3.8) is 0 Å². The first kappa shape index (κ1) is 155. The predicted octanol–water partition coefficient (Wildman–Crippen LogP) is -3.51. The number of ketones is 8. The number of carbonyl (C=O) groups excluding carboxylic acids is 18. The van der Waals surface area contributed by atoms with Gasteiger partial charge in [0.2, 0.25) is 39.3 Å². The van der Waals surface area contributed by atoms with Crippen molar-refractivity contribution in [1.82, 2.24) is 35.1 Å². The van der Waals surface area contributed by atoms with E-state index < -0.39 is 84.0 Å². The molecule has 0 atom stereocenters. The quantitative estimate of drug-likeness (QED) is 0.00269. The van der Waals surface area contributed by atoms with Crippen LogP contribution >= 0.6 is 0 Å². The number of rotatable bonds is 55. The molecule has 0 unspecified atom stereocenters. The van der Waals surface area contributed by atoms with Gasteiger partial charge in [-0.2, -0.15) is 0 Å². The topological polar surface area (TPSA) is 751 Å². The van der Waals surface area contributed by atoms with Crippen LogP contribution in [0.4, 0.5) is 19.2 Å². The van der Waals surface area contributed by atoms with Gasteiger partial charge in [0.25, 0.3) is 6.47 Å². The van der Waals surface area contributed by atoms with Crippen LogP contribution in [0.15, 0.2) is 35.3 Å². The number of nitrogens with zero attached hydrogens (tertiary/aromatic N) is 5. The van der Waals surface area contributed by atoms with Crippen molar-refractivity contribution in [3.8, 4) is 0 Å². The number of carbonyl (C=O) groups is 22. The van der Waals surface area contributed by atoms with Crippen LogP contribution in [0.1, 0.15) is 172 Å². The maximum Gasteiger partial charge on any atom is 1.00 e. The molecule has 0 aliphatic carbocycles. The van der Waals surface area contributed by atoms with E-state index in [1.165, 1.54) is 79.2 Å². The molecule has 0 saturated carbocycles. The molecule has 0 aliphatic rings. The summed E-state index contributed by atoms with van der Waals surface area (Å²) < 4.78 is 48.7. The number of aliphatic carboxylic acids is 4. The van der Waals surface area contributed by atoms with Gasteiger partial charge < -0.3 is 136 Å². The summed E-state index contributed by atoms with van der Waals surface area (Å²) in [5.41, 5.74) is 34.0. The number of hydrogen-bond acceptors (Lipinski definition) is 40. The summed E-state index contributed by atoms with van der Waals surface area (Å²) in [5.74, 6) is -9.74. The Morgan fingerprint density at radius 3 is 0.942 bits per heavy atom. The zero-order chi connectivity index (χ0) is 108. The second-order valence-electron chi connectivity index (χ2n) is 28.8. The van der Waals surface area contributed by atoms with Crippen molar-refractivity contribution in [2.45, 2.75) is 181 Å². The molecule has 0 fully saturated rings. The number of carboxylic acids is 4. The minimum absolute atomic E-state index is 0. The third kappa shape index (κ3) is 146. The van der Waals surface area contributed by atoms with Crippen molar-refractivity contribution < 1.29 is 214 Å². The average Bonchev–Trinajstić information content (AvgIpc) is 0.918. The van der Waals surface area contributed by atoms with E-state index in [4.69, 9.17) is 117 Å². The van der Waals surface area contributed by atoms with E-state index in [1.807, 2.05) is 6.92 Å². The molecule has 0 aromatic carbocycles. The molecule has 50 nitrogen and oxygen atoms in total. The monoisotopic (exact) mass is 1990 g/mol. The van der Waals surface area contributed by atoms with Crippen LogP contribution in [0, 0.1) is 0 Å². The summed E-state index contributed by atoms with van der Waals surface area (Å²) in [7, 11) is 11.1. The molecule has 6 amide bonds. The van der Waals surface area contributed by atoms with Gasteiger partial charge in [-0.15, -0.1) is 0 Å². The first-order valence-corrected chi connectivity index (χ1v) is 41.5. The number of methoxy groups -OCH3 is 1. The molecule has 16 N–H and O–H groups in total. The Hall–Kier alpha value is -10.8. The fourth-order valence-electron chi connectivity index (χ4n) is 7.70. The number of nitrogens with one attached hydrogen (secondary N) is 2. The van der Waals surface area contributed by atoms with Gasteiger partial charge in [-0.1, -0.05) is 27.0 Å². The van der Waals surface area contributed by atoms with Crippen LogP contribution in [-0.2, 0) is 139 Å². The van der Waals surface area contributed by atoms with Gasteiger partial charge in [-0.3, -0.25) is 101 Å². The van der Waals surface area contributed by atoms with Gasteiger partial charge >= 0.3 is 71.7 Å². The standard InChI is InChI=1S/C17H19NO5.C13H22N2O5.C10H17NO3.C10H18O5.C7H10BNO3.C7H17NO2.C6H16N2O2.C5H6BNO5.C4H12N2O.C4H7NO4.CH2O3.CH4.Na.H2/c1-5-6-7-8-15(4)23-17(22)10-9-16(21)18(11-13(2)19)12-14(3)20;1-10(16)8-15(9-11(2)17)13(19)5-4-12(18)14-6-7-20-3;1-4-5-10(14)11(6-8(2)12)7-9(3)13;1-9(2,3)14-7(11)13-8(12)15-10(4,5)6;1-5(10)3-9(7(8)12)4-6(2)11;1-2-4-9-6-7-10-5-3-8;7-1-3-9-5-6-10-4-2-8;6-5(12)7(1-3(8)9)2-4(10)11;5-1-3-7-4-2-6;6-3(7)1-5-2-4(8)9;2-1-4-3;;;/h1,9-12H2,2-4H3;4-9H2,1-3H3,(H,14,18);4-7H2,1-3H3;1-6H3;3-4H2,1-2H3;2-8H2,1H3;1-8H2;1-2H2,(H,8,9)(H,10,11);1-6H2;5H,1-2H2,(H,6,7)(H,8,9);1,3H;1H4;;1H/q;;;;;;;;;;;;+1;/p-1. The number of Topliss-reactive ketones (excluding diaryl/α,β-unsaturated/α-hetero) is 8. The molecule has 0 bridgehead atoms. The molecule has 138 heavy (non-hydrogen) atoms. The molecule has 4 radical (unpaired) electrons. The van der Waals surface area contributed by atoms with Crippen molar-refractivity contribution >= 4 is 146 Å². The van der Waals surface area contributed by atoms with Gasteiger partial charge in [0, 0.05) is 87.0 Å². The number of nitrogens with two attached hydrogens (primary N) is 5. The molecule has 0 spiro atoms. The summed E-state index contributed by atoms with van der Waals surface area (Å²) in [6.45, 7) is 36.9. The van der Waals surface area contributed by atoms with Crippen LogP contribution < -0.4 is 74.1 Å². The molecule has 0 aromatic heterocycles. The van der Waals surface area contributed by atoms with Crippen LogP contribution in [0.25, 0.3) is 0 Å². The smallest absolute Gasteiger partial charge is 0.662 e. The van der Waals surface area contributed by atoms with Gasteiger partial charge in [0.05, 0.1) is 138 Å². The Morgan fingerprint density at radius 2 is 0.696 bits per heavy atom. The van der Waals surface area contributed by atoms with Crippen LogP contribution in [-0.4, -0.2) is 400 Å². The van der Waals surface area contributed by atoms with Crippen molar-refractivity contribution in [1.29, 1.82) is 0 Å². The molecule has 0 aliphatic heterocycles. The third-order valence-corrected chi connectivity index (χ3v) is 12.4. The predicted molar refractivity (Wildman–Crippen MR) is 496 cm³/mol. The molecule has 0 rings (SSSR count). The summed E-state index contributed by atoms with van der Waals surface area (Å²) in [5, 5.41) is 45.6. The molecule has 0 saturated heterocycles. The Morgan fingerprint density at radius 1 is 0.413 bits per heavy atom. The zero-order valence-electron chi connectivity index (χ0n) is 82.7. The number of carboxylic acid groups (broad SMARTS) is 4. The zero-order valence-corrected chi connectivity index (χ0v) is 84.7. The minimum Gasteiger partial charge on any atom is -0.662 e. The van der Waals surface area contributed by atoms with Gasteiger partial charge in [0.15, 0.2) is 17.4 Å². The third-order valence-electron chi connectivity index (χ3n) is 12.4. The van der Waals surface area contributed by atoms with Gasteiger partial charge in [-0.05, 0) is 134 Å². The van der Waals surface area contributed by atoms with Crippen molar-refractivity contribution in [2.24, 2.45) is 28.7 Å². The maximum absolute atomic E-state index is 12.0. The van der Waals surface area contributed by atoms with Crippen LogP contribution in [0.5, 0.6) is 0 Å². The number of esters is 1. The minimum atomic E-state index is -1.31. The number of amides is 6. The molecule has 53 heteroatoms. The molecule has 786 valence electrons. The van der Waals surface area contributed by atoms with Crippen molar-refractivity contribution in [3.05, 3.63) is 35.3 Å². The van der Waals surface area contributed by atoms with E-state index in [0.717, 1.165) is 29.2 Å². The summed E-state index contributed by atoms with van der Waals surface area (Å²) in [4.78, 5) is 244. The van der Waals surface area contributed by atoms with E-state index in [1.54, 1.807) is 41.5 Å². The molecular weight excluding hydrogens is 1840 g/mol. The number of hydrogen-bond donors (Lipinski definition) is 11. The Bertz CT molecular complexity index is 3480. The van der Waals surface area contributed by atoms with E-state index >= 15 is 0 Å². The number of allylic oxidation sites excluding steroid dienone is 1. The van der Waals surface area contributed by atoms with Crippen LogP contribution in [0.3, 0.4) is 0 Å². The molecular formula is C85H151B2N12NaO38. The Balaban J connectivity index is -0.000000105. The van der Waals surface area contributed by atoms with Crippen LogP contribution in [0.2, 0.25) is 0 Å². The first-order chi connectivity index (χ1) is 63.2. The average molecular weight is 1990 g/mol. The largest absolute Gasteiger partial charge is 1.00 e. The summed E-state index contributed by atoms with van der Waals surface area (Å²) in [6, 6.07) is 0. The van der Waals surface area contributed by atoms with E-state index in [-0.39, 0.29) is 206 Å². The summed E-state index contributed by atoms with van der Waals surface area (Å²) in [6.07, 6.45) is -0.269. The summed E-state index contributed by atoms with van der Waals surface area (Å²) >= 11 is 0. The second kappa shape index (κ2) is 107. The Kier molecular flexibility index (Phi) is 120. The number of ether oxygens (including phenoxy) is 10. The van der Waals surface area contributed by atoms with Gasteiger partial charge in [0.1, 0.15) is 70.6 Å².